The first-order chi connectivity index (χ1) is 12.2. The predicted octanol–water partition coefficient (Wildman–Crippen LogP) is 3.34. The van der Waals surface area contributed by atoms with E-state index >= 15 is 0 Å². The van der Waals surface area contributed by atoms with E-state index in [-0.39, 0.29) is 6.10 Å². The fourth-order valence-corrected chi connectivity index (χ4v) is 3.66. The van der Waals surface area contributed by atoms with E-state index < -0.39 is 0 Å². The van der Waals surface area contributed by atoms with Gasteiger partial charge in [0.15, 0.2) is 17.6 Å². The predicted molar refractivity (Wildman–Crippen MR) is 99.1 cm³/mol. The molecule has 0 amide bonds. The number of ether oxygens (including phenoxy) is 2. The van der Waals surface area contributed by atoms with E-state index in [9.17, 15) is 0 Å². The Labute approximate surface area is 150 Å². The van der Waals surface area contributed by atoms with Gasteiger partial charge < -0.3 is 14.4 Å². The highest BCUT2D eigenvalue weighted by atomic mass is 16.6. The van der Waals surface area contributed by atoms with Gasteiger partial charge in [-0.3, -0.25) is 4.90 Å². The van der Waals surface area contributed by atoms with Gasteiger partial charge in [-0.25, -0.2) is 0 Å². The maximum atomic E-state index is 6.09. The molecule has 2 heterocycles. The third kappa shape index (κ3) is 3.65. The SMILES string of the molecule is CN(C)C1CCN(Cc2ccc([C@H]3COc4ccccc4O3)cc2)C1. The molecule has 2 aromatic carbocycles. The molecule has 4 heteroatoms. The summed E-state index contributed by atoms with van der Waals surface area (Å²) in [5.74, 6) is 1.66. The average Bonchev–Trinajstić information content (AvgIpc) is 3.11. The molecule has 0 radical (unpaired) electrons. The Kier molecular flexibility index (Phi) is 4.64. The summed E-state index contributed by atoms with van der Waals surface area (Å²) in [5.41, 5.74) is 2.53. The van der Waals surface area contributed by atoms with E-state index in [2.05, 4.69) is 48.2 Å². The molecule has 1 unspecified atom stereocenters. The van der Waals surface area contributed by atoms with Crippen LogP contribution in [0.25, 0.3) is 0 Å². The van der Waals surface area contributed by atoms with Crippen molar-refractivity contribution in [1.82, 2.24) is 9.80 Å². The van der Waals surface area contributed by atoms with Crippen molar-refractivity contribution in [2.45, 2.75) is 25.1 Å². The van der Waals surface area contributed by atoms with Gasteiger partial charge in [0, 0.05) is 25.7 Å². The van der Waals surface area contributed by atoms with E-state index in [1.165, 1.54) is 24.1 Å². The molecule has 1 saturated heterocycles. The van der Waals surface area contributed by atoms with Crippen LogP contribution in [0.15, 0.2) is 48.5 Å². The van der Waals surface area contributed by atoms with Gasteiger partial charge >= 0.3 is 0 Å². The normalized spacial score (nSPS) is 23.2. The summed E-state index contributed by atoms with van der Waals surface area (Å²) in [5, 5.41) is 0. The van der Waals surface area contributed by atoms with Crippen molar-refractivity contribution in [3.63, 3.8) is 0 Å². The van der Waals surface area contributed by atoms with Crippen LogP contribution in [0.1, 0.15) is 23.7 Å². The lowest BCUT2D eigenvalue weighted by atomic mass is 10.1. The van der Waals surface area contributed by atoms with Crippen molar-refractivity contribution < 1.29 is 9.47 Å². The second-order valence-electron chi connectivity index (χ2n) is 7.25. The molecule has 2 aromatic rings. The van der Waals surface area contributed by atoms with Crippen LogP contribution in [-0.4, -0.2) is 49.6 Å². The van der Waals surface area contributed by atoms with Gasteiger partial charge in [0.2, 0.25) is 0 Å². The molecular formula is C21H26N2O2. The molecule has 25 heavy (non-hydrogen) atoms. The Bertz CT molecular complexity index is 714. The van der Waals surface area contributed by atoms with Gasteiger partial charge in [0.1, 0.15) is 6.61 Å². The minimum absolute atomic E-state index is 0.0335. The Balaban J connectivity index is 1.38. The third-order valence-electron chi connectivity index (χ3n) is 5.24. The minimum Gasteiger partial charge on any atom is -0.485 e. The second kappa shape index (κ2) is 7.06. The number of para-hydroxylation sites is 2. The number of rotatable bonds is 4. The Morgan fingerprint density at radius 2 is 1.80 bits per heavy atom. The van der Waals surface area contributed by atoms with E-state index in [1.807, 2.05) is 24.3 Å². The molecule has 0 aliphatic carbocycles. The number of hydrogen-bond acceptors (Lipinski definition) is 4. The molecule has 2 atom stereocenters. The lowest BCUT2D eigenvalue weighted by molar-refractivity contribution is 0.0913. The molecule has 0 spiro atoms. The van der Waals surface area contributed by atoms with E-state index in [0.29, 0.717) is 12.6 Å². The van der Waals surface area contributed by atoms with Crippen LogP contribution in [0.3, 0.4) is 0 Å². The van der Waals surface area contributed by atoms with E-state index in [1.54, 1.807) is 0 Å². The van der Waals surface area contributed by atoms with Gasteiger partial charge in [-0.1, -0.05) is 36.4 Å². The zero-order chi connectivity index (χ0) is 17.2. The van der Waals surface area contributed by atoms with Gasteiger partial charge in [-0.05, 0) is 43.8 Å². The number of likely N-dealkylation sites (N-methyl/N-ethyl adjacent to an activating group) is 1. The van der Waals surface area contributed by atoms with E-state index in [0.717, 1.165) is 24.6 Å². The van der Waals surface area contributed by atoms with Gasteiger partial charge in [0.25, 0.3) is 0 Å². The first kappa shape index (κ1) is 16.4. The zero-order valence-electron chi connectivity index (χ0n) is 15.0. The largest absolute Gasteiger partial charge is 0.485 e. The Hall–Kier alpha value is -2.04. The maximum Gasteiger partial charge on any atom is 0.162 e. The highest BCUT2D eigenvalue weighted by Crippen LogP contribution is 2.35. The summed E-state index contributed by atoms with van der Waals surface area (Å²) >= 11 is 0. The number of hydrogen-bond donors (Lipinski definition) is 0. The van der Waals surface area contributed by atoms with Crippen LogP contribution in [-0.2, 0) is 6.54 Å². The molecule has 132 valence electrons. The molecule has 0 N–H and O–H groups in total. The molecular weight excluding hydrogens is 312 g/mol. The third-order valence-corrected chi connectivity index (χ3v) is 5.24. The van der Waals surface area contributed by atoms with Crippen molar-refractivity contribution in [2.75, 3.05) is 33.8 Å². The first-order valence-corrected chi connectivity index (χ1v) is 9.05. The minimum atomic E-state index is -0.0335. The topological polar surface area (TPSA) is 24.9 Å². The highest BCUT2D eigenvalue weighted by molar-refractivity contribution is 5.41. The maximum absolute atomic E-state index is 6.09. The summed E-state index contributed by atoms with van der Waals surface area (Å²) < 4.78 is 11.9. The van der Waals surface area contributed by atoms with Crippen LogP contribution >= 0.6 is 0 Å². The van der Waals surface area contributed by atoms with Crippen LogP contribution in [0.4, 0.5) is 0 Å². The molecule has 4 nitrogen and oxygen atoms in total. The summed E-state index contributed by atoms with van der Waals surface area (Å²) in [6.45, 7) is 3.93. The number of fused-ring (bicyclic) bond motifs is 1. The fourth-order valence-electron chi connectivity index (χ4n) is 3.66. The van der Waals surface area contributed by atoms with Crippen molar-refractivity contribution >= 4 is 0 Å². The van der Waals surface area contributed by atoms with Crippen molar-refractivity contribution in [1.29, 1.82) is 0 Å². The monoisotopic (exact) mass is 338 g/mol. The summed E-state index contributed by atoms with van der Waals surface area (Å²) in [6, 6.07) is 17.3. The van der Waals surface area contributed by atoms with Crippen LogP contribution in [0.5, 0.6) is 11.5 Å². The van der Waals surface area contributed by atoms with Crippen LogP contribution in [0, 0.1) is 0 Å². The van der Waals surface area contributed by atoms with Crippen molar-refractivity contribution in [3.05, 3.63) is 59.7 Å². The fraction of sp³-hybridized carbons (Fsp3) is 0.429. The lowest BCUT2D eigenvalue weighted by Gasteiger charge is -2.27. The van der Waals surface area contributed by atoms with Gasteiger partial charge in [-0.15, -0.1) is 0 Å². The van der Waals surface area contributed by atoms with E-state index in [4.69, 9.17) is 9.47 Å². The molecule has 0 aromatic heterocycles. The molecule has 0 bridgehead atoms. The Morgan fingerprint density at radius 3 is 2.52 bits per heavy atom. The molecule has 4 rings (SSSR count). The summed E-state index contributed by atoms with van der Waals surface area (Å²) in [6.07, 6.45) is 1.23. The summed E-state index contributed by atoms with van der Waals surface area (Å²) in [4.78, 5) is 4.87. The highest BCUT2D eigenvalue weighted by Gasteiger charge is 2.24. The molecule has 2 aliphatic rings. The van der Waals surface area contributed by atoms with Crippen LogP contribution < -0.4 is 9.47 Å². The number of nitrogens with zero attached hydrogens (tertiary/aromatic N) is 2. The smallest absolute Gasteiger partial charge is 0.162 e. The number of likely N-dealkylation sites (tertiary alicyclic amines) is 1. The first-order valence-electron chi connectivity index (χ1n) is 9.05. The van der Waals surface area contributed by atoms with Gasteiger partial charge in [0.05, 0.1) is 0 Å². The molecule has 0 saturated carbocycles. The lowest BCUT2D eigenvalue weighted by Crippen LogP contribution is -2.31. The number of benzene rings is 2. The quantitative estimate of drug-likeness (QED) is 0.854. The zero-order valence-corrected chi connectivity index (χ0v) is 15.0. The van der Waals surface area contributed by atoms with Crippen LogP contribution in [0.2, 0.25) is 0 Å². The van der Waals surface area contributed by atoms with Crippen molar-refractivity contribution in [3.8, 4) is 11.5 Å². The second-order valence-corrected chi connectivity index (χ2v) is 7.25. The molecule has 1 fully saturated rings. The van der Waals surface area contributed by atoms with Crippen molar-refractivity contribution in [2.24, 2.45) is 0 Å². The molecule has 2 aliphatic heterocycles. The standard InChI is InChI=1S/C21H26N2O2/c1-22(2)18-11-12-23(14-18)13-16-7-9-17(10-8-16)21-15-24-19-5-3-4-6-20(19)25-21/h3-10,18,21H,11-15H2,1-2H3/t18?,21-/m1/s1. The summed E-state index contributed by atoms with van der Waals surface area (Å²) in [7, 11) is 4.35. The Morgan fingerprint density at radius 1 is 1.04 bits per heavy atom. The average molecular weight is 338 g/mol. The van der Waals surface area contributed by atoms with Gasteiger partial charge in [-0.2, -0.15) is 0 Å².